The Morgan fingerprint density at radius 3 is 2.88 bits per heavy atom. The number of benzene rings is 2. The first-order valence-corrected chi connectivity index (χ1v) is 8.91. The summed E-state index contributed by atoms with van der Waals surface area (Å²) in [6, 6.07) is 13.4. The maximum absolute atomic E-state index is 12.7. The zero-order chi connectivity index (χ0) is 18.3. The molecule has 26 heavy (non-hydrogen) atoms. The molecule has 1 atom stereocenters. The summed E-state index contributed by atoms with van der Waals surface area (Å²) in [5.41, 5.74) is 5.03. The van der Waals surface area contributed by atoms with E-state index in [0.717, 1.165) is 28.6 Å². The van der Waals surface area contributed by atoms with Crippen molar-refractivity contribution in [2.75, 3.05) is 11.9 Å². The van der Waals surface area contributed by atoms with Crippen LogP contribution in [0.15, 0.2) is 42.5 Å². The summed E-state index contributed by atoms with van der Waals surface area (Å²) in [6.07, 6.45) is 0.922. The largest absolute Gasteiger partial charge is 0.350 e. The first kappa shape index (κ1) is 16.4. The quantitative estimate of drug-likeness (QED) is 0.674. The Bertz CT molecular complexity index is 1020. The fourth-order valence-corrected chi connectivity index (χ4v) is 3.55. The number of anilines is 1. The number of carbonyl (C=O) groups excluding carboxylic acids is 2. The normalized spacial score (nSPS) is 16.2. The molecule has 0 aliphatic carbocycles. The molecule has 5 nitrogen and oxygen atoms in total. The SMILES string of the molecule is CCc1cccc(NC(=O)c2ccc3[nH]c4c(c3c2)C(C)CNC4=O)c1. The van der Waals surface area contributed by atoms with E-state index >= 15 is 0 Å². The molecule has 0 saturated heterocycles. The number of amides is 2. The molecule has 0 spiro atoms. The lowest BCUT2D eigenvalue weighted by Crippen LogP contribution is -2.33. The minimum atomic E-state index is -0.150. The molecule has 0 fully saturated rings. The first-order chi connectivity index (χ1) is 12.6. The van der Waals surface area contributed by atoms with Crippen molar-refractivity contribution in [3.63, 3.8) is 0 Å². The molecular weight excluding hydrogens is 326 g/mol. The van der Waals surface area contributed by atoms with E-state index in [1.165, 1.54) is 5.56 Å². The molecule has 2 amide bonds. The van der Waals surface area contributed by atoms with Crippen LogP contribution in [0, 0.1) is 0 Å². The zero-order valence-electron chi connectivity index (χ0n) is 14.8. The molecule has 4 rings (SSSR count). The van der Waals surface area contributed by atoms with E-state index in [9.17, 15) is 9.59 Å². The lowest BCUT2D eigenvalue weighted by atomic mass is 9.93. The summed E-state index contributed by atoms with van der Waals surface area (Å²) in [7, 11) is 0. The van der Waals surface area contributed by atoms with Crippen molar-refractivity contribution < 1.29 is 9.59 Å². The molecule has 1 aliphatic heterocycles. The summed E-state index contributed by atoms with van der Waals surface area (Å²) in [4.78, 5) is 28.0. The summed E-state index contributed by atoms with van der Waals surface area (Å²) in [6.45, 7) is 4.77. The average Bonchev–Trinajstić information content (AvgIpc) is 3.05. The Balaban J connectivity index is 1.69. The van der Waals surface area contributed by atoms with Gasteiger partial charge in [-0.25, -0.2) is 0 Å². The second kappa shape index (κ2) is 6.33. The van der Waals surface area contributed by atoms with Gasteiger partial charge in [0.25, 0.3) is 11.8 Å². The maximum atomic E-state index is 12.7. The van der Waals surface area contributed by atoms with E-state index in [1.54, 1.807) is 6.07 Å². The van der Waals surface area contributed by atoms with E-state index in [-0.39, 0.29) is 17.7 Å². The molecule has 3 N–H and O–H groups in total. The van der Waals surface area contributed by atoms with Gasteiger partial charge in [-0.2, -0.15) is 0 Å². The number of aryl methyl sites for hydroxylation is 1. The topological polar surface area (TPSA) is 74.0 Å². The van der Waals surface area contributed by atoms with Crippen LogP contribution < -0.4 is 10.6 Å². The van der Waals surface area contributed by atoms with Crippen LogP contribution in [0.25, 0.3) is 10.9 Å². The van der Waals surface area contributed by atoms with Gasteiger partial charge in [0, 0.05) is 34.6 Å². The summed E-state index contributed by atoms with van der Waals surface area (Å²) < 4.78 is 0. The molecule has 5 heteroatoms. The van der Waals surface area contributed by atoms with Crippen molar-refractivity contribution in [3.05, 3.63) is 64.8 Å². The highest BCUT2D eigenvalue weighted by Gasteiger charge is 2.27. The number of hydrogen-bond donors (Lipinski definition) is 3. The third-order valence-electron chi connectivity index (χ3n) is 4.98. The molecule has 0 bridgehead atoms. The van der Waals surface area contributed by atoms with Crippen molar-refractivity contribution in [2.45, 2.75) is 26.2 Å². The van der Waals surface area contributed by atoms with Crippen LogP contribution in [-0.2, 0) is 6.42 Å². The van der Waals surface area contributed by atoms with Crippen LogP contribution in [-0.4, -0.2) is 23.3 Å². The summed E-state index contributed by atoms with van der Waals surface area (Å²) >= 11 is 0. The standard InChI is InChI=1S/C21H21N3O2/c1-3-13-5-4-6-15(9-13)23-20(25)14-7-8-17-16(10-14)18-12(2)11-22-21(26)19(18)24-17/h4-10,12,24H,3,11H2,1-2H3,(H,22,26)(H,23,25). The second-order valence-corrected chi connectivity index (χ2v) is 6.79. The number of rotatable bonds is 3. The number of carbonyl (C=O) groups is 2. The van der Waals surface area contributed by atoms with Crippen LogP contribution >= 0.6 is 0 Å². The predicted octanol–water partition coefficient (Wildman–Crippen LogP) is 3.83. The molecule has 1 aromatic heterocycles. The Morgan fingerprint density at radius 2 is 2.08 bits per heavy atom. The van der Waals surface area contributed by atoms with Gasteiger partial charge in [0.2, 0.25) is 0 Å². The summed E-state index contributed by atoms with van der Waals surface area (Å²) in [5, 5.41) is 6.78. The van der Waals surface area contributed by atoms with E-state index < -0.39 is 0 Å². The highest BCUT2D eigenvalue weighted by molar-refractivity contribution is 6.08. The van der Waals surface area contributed by atoms with Gasteiger partial charge in [-0.1, -0.05) is 26.0 Å². The van der Waals surface area contributed by atoms with Crippen molar-refractivity contribution in [2.24, 2.45) is 0 Å². The lowest BCUT2D eigenvalue weighted by molar-refractivity contribution is 0.0936. The number of hydrogen-bond acceptors (Lipinski definition) is 2. The maximum Gasteiger partial charge on any atom is 0.268 e. The molecule has 2 heterocycles. The fraction of sp³-hybridized carbons (Fsp3) is 0.238. The highest BCUT2D eigenvalue weighted by atomic mass is 16.2. The monoisotopic (exact) mass is 347 g/mol. The molecule has 2 aromatic carbocycles. The first-order valence-electron chi connectivity index (χ1n) is 8.91. The Hall–Kier alpha value is -3.08. The minimum absolute atomic E-state index is 0.0864. The van der Waals surface area contributed by atoms with Crippen LogP contribution in [0.5, 0.6) is 0 Å². The van der Waals surface area contributed by atoms with Crippen molar-refractivity contribution in [1.82, 2.24) is 10.3 Å². The lowest BCUT2D eigenvalue weighted by Gasteiger charge is -2.19. The number of aromatic amines is 1. The molecule has 1 aliphatic rings. The third-order valence-corrected chi connectivity index (χ3v) is 4.98. The number of aromatic nitrogens is 1. The highest BCUT2D eigenvalue weighted by Crippen LogP contribution is 2.32. The average molecular weight is 347 g/mol. The van der Waals surface area contributed by atoms with E-state index in [2.05, 4.69) is 29.5 Å². The Morgan fingerprint density at radius 1 is 1.23 bits per heavy atom. The van der Waals surface area contributed by atoms with Crippen molar-refractivity contribution >= 4 is 28.4 Å². The number of H-pyrrole nitrogens is 1. The van der Waals surface area contributed by atoms with Gasteiger partial charge in [0.05, 0.1) is 0 Å². The molecule has 132 valence electrons. The second-order valence-electron chi connectivity index (χ2n) is 6.79. The van der Waals surface area contributed by atoms with Gasteiger partial charge < -0.3 is 15.6 Å². The van der Waals surface area contributed by atoms with Crippen molar-refractivity contribution in [3.8, 4) is 0 Å². The van der Waals surface area contributed by atoms with Crippen molar-refractivity contribution in [1.29, 1.82) is 0 Å². The molecule has 0 radical (unpaired) electrons. The Labute approximate surface area is 151 Å². The predicted molar refractivity (Wildman–Crippen MR) is 103 cm³/mol. The molecule has 0 saturated carbocycles. The third kappa shape index (κ3) is 2.75. The van der Waals surface area contributed by atoms with Gasteiger partial charge in [0.15, 0.2) is 0 Å². The zero-order valence-corrected chi connectivity index (χ0v) is 14.8. The minimum Gasteiger partial charge on any atom is -0.350 e. The van der Waals surface area contributed by atoms with Crippen LogP contribution in [0.4, 0.5) is 5.69 Å². The number of fused-ring (bicyclic) bond motifs is 3. The van der Waals surface area contributed by atoms with E-state index in [1.807, 2.05) is 36.4 Å². The van der Waals surface area contributed by atoms with Gasteiger partial charge >= 0.3 is 0 Å². The van der Waals surface area contributed by atoms with Gasteiger partial charge in [-0.15, -0.1) is 0 Å². The van der Waals surface area contributed by atoms with Gasteiger partial charge in [-0.3, -0.25) is 9.59 Å². The fourth-order valence-electron chi connectivity index (χ4n) is 3.55. The molecule has 1 unspecified atom stereocenters. The Kier molecular flexibility index (Phi) is 3.99. The van der Waals surface area contributed by atoms with Crippen LogP contribution in [0.2, 0.25) is 0 Å². The van der Waals surface area contributed by atoms with E-state index in [0.29, 0.717) is 17.8 Å². The van der Waals surface area contributed by atoms with Crippen LogP contribution in [0.1, 0.15) is 51.7 Å². The van der Waals surface area contributed by atoms with E-state index in [4.69, 9.17) is 0 Å². The molecule has 3 aromatic rings. The van der Waals surface area contributed by atoms with Gasteiger partial charge in [-0.05, 0) is 47.9 Å². The smallest absolute Gasteiger partial charge is 0.268 e. The van der Waals surface area contributed by atoms with Gasteiger partial charge in [0.1, 0.15) is 5.69 Å². The molecular formula is C21H21N3O2. The van der Waals surface area contributed by atoms with Crippen LogP contribution in [0.3, 0.4) is 0 Å². The summed E-state index contributed by atoms with van der Waals surface area (Å²) in [5.74, 6) is -0.0318. The number of nitrogens with one attached hydrogen (secondary N) is 3.